The number of halogens is 2. The fraction of sp³-hybridized carbons (Fsp3) is 0.438. The normalized spacial score (nSPS) is 24.1. The summed E-state index contributed by atoms with van der Waals surface area (Å²) < 4.78 is 38.3. The van der Waals surface area contributed by atoms with Crippen molar-refractivity contribution in [2.75, 3.05) is 33.9 Å². The van der Waals surface area contributed by atoms with Crippen LogP contribution in [0.1, 0.15) is 60.8 Å². The number of esters is 1. The molecule has 1 aliphatic carbocycles. The molecule has 44 heavy (non-hydrogen) atoms. The van der Waals surface area contributed by atoms with Crippen molar-refractivity contribution in [1.82, 2.24) is 20.4 Å². The molecule has 0 bridgehead atoms. The Morgan fingerprint density at radius 2 is 1.82 bits per heavy atom. The topological polar surface area (TPSA) is 124 Å². The fourth-order valence-electron chi connectivity index (χ4n) is 6.67. The Hall–Kier alpha value is -4.34. The highest BCUT2D eigenvalue weighted by Gasteiger charge is 2.44. The lowest BCUT2D eigenvalue weighted by atomic mass is 9.80. The molecule has 3 aliphatic rings. The summed E-state index contributed by atoms with van der Waals surface area (Å²) in [4.78, 5) is 43.1. The molecular formula is C32H35F2N5O5. The molecule has 2 atom stereocenters. The molecule has 2 fully saturated rings. The molecule has 4 amide bonds. The number of urea groups is 2. The molecule has 0 radical (unpaired) electrons. The van der Waals surface area contributed by atoms with Crippen LogP contribution in [-0.4, -0.2) is 73.8 Å². The molecule has 2 aliphatic heterocycles. The second-order valence-electron chi connectivity index (χ2n) is 11.3. The maximum atomic E-state index is 14.3. The van der Waals surface area contributed by atoms with Crippen molar-refractivity contribution < 1.29 is 32.6 Å². The van der Waals surface area contributed by atoms with Crippen molar-refractivity contribution in [1.29, 1.82) is 5.26 Å². The molecule has 5 rings (SSSR count). The highest BCUT2D eigenvalue weighted by Crippen LogP contribution is 2.38. The maximum absolute atomic E-state index is 14.3. The Balaban J connectivity index is 1.30. The third kappa shape index (κ3) is 6.30. The summed E-state index contributed by atoms with van der Waals surface area (Å²) in [6.45, 7) is 1.16. The number of methoxy groups -OCH3 is 2. The first-order valence-electron chi connectivity index (χ1n) is 14.6. The van der Waals surface area contributed by atoms with E-state index >= 15 is 0 Å². The van der Waals surface area contributed by atoms with Gasteiger partial charge in [0.05, 0.1) is 36.6 Å². The Morgan fingerprint density at radius 1 is 1.07 bits per heavy atom. The standard InChI is InChI=1S/C32H35F2N5O5/c1-43-18-27-28(30(40)44-2)29(20-9-12-25(33)26(34)15-20)39(32(42)37-27)31(41)36-22-13-14-38(17-22)23-10-7-19(8-11-23)24-6-4-3-5-21(24)16-35/h3-6,9,12,15,19,22-23,29H,7-8,10-11,13-14,17-18H2,1-2H3,(H,36,41)(H,37,42)/t19?,22-,23?,29+/m1/s1. The number of ether oxygens (including phenoxy) is 2. The van der Waals surface area contributed by atoms with Gasteiger partial charge < -0.3 is 20.1 Å². The predicted octanol–water partition coefficient (Wildman–Crippen LogP) is 4.49. The molecule has 1 saturated heterocycles. The average molecular weight is 608 g/mol. The number of imide groups is 1. The van der Waals surface area contributed by atoms with Crippen LogP contribution in [0.4, 0.5) is 18.4 Å². The van der Waals surface area contributed by atoms with Gasteiger partial charge in [-0.1, -0.05) is 24.3 Å². The highest BCUT2D eigenvalue weighted by atomic mass is 19.2. The van der Waals surface area contributed by atoms with E-state index in [1.165, 1.54) is 13.2 Å². The molecular weight excluding hydrogens is 572 g/mol. The van der Waals surface area contributed by atoms with E-state index in [-0.39, 0.29) is 29.5 Å². The summed E-state index contributed by atoms with van der Waals surface area (Å²) in [5, 5.41) is 15.0. The van der Waals surface area contributed by atoms with Crippen molar-refractivity contribution >= 4 is 18.0 Å². The molecule has 2 aromatic rings. The molecule has 1 saturated carbocycles. The van der Waals surface area contributed by atoms with E-state index in [1.807, 2.05) is 24.3 Å². The Kier molecular flexibility index (Phi) is 9.56. The van der Waals surface area contributed by atoms with Crippen LogP contribution in [0.15, 0.2) is 53.7 Å². The number of nitrogens with one attached hydrogen (secondary N) is 2. The lowest BCUT2D eigenvalue weighted by Crippen LogP contribution is -2.56. The van der Waals surface area contributed by atoms with Gasteiger partial charge in [-0.25, -0.2) is 28.1 Å². The van der Waals surface area contributed by atoms with Gasteiger partial charge in [-0.05, 0) is 67.3 Å². The van der Waals surface area contributed by atoms with Crippen molar-refractivity contribution in [3.8, 4) is 6.07 Å². The first-order chi connectivity index (χ1) is 21.2. The van der Waals surface area contributed by atoms with E-state index in [2.05, 4.69) is 21.6 Å². The van der Waals surface area contributed by atoms with Crippen LogP contribution in [-0.2, 0) is 14.3 Å². The fourth-order valence-corrected chi connectivity index (χ4v) is 6.67. The van der Waals surface area contributed by atoms with E-state index in [4.69, 9.17) is 9.47 Å². The minimum absolute atomic E-state index is 0.0192. The summed E-state index contributed by atoms with van der Waals surface area (Å²) in [6, 6.07) is 10.0. The minimum atomic E-state index is -1.39. The first kappa shape index (κ1) is 31.1. The molecule has 2 aromatic carbocycles. The summed E-state index contributed by atoms with van der Waals surface area (Å²) in [5.41, 5.74) is 1.78. The number of carbonyl (C=O) groups excluding carboxylic acids is 3. The second kappa shape index (κ2) is 13.5. The summed E-state index contributed by atoms with van der Waals surface area (Å²) >= 11 is 0. The lowest BCUT2D eigenvalue weighted by Gasteiger charge is -2.37. The number of nitriles is 1. The van der Waals surface area contributed by atoms with Gasteiger partial charge in [0.1, 0.15) is 6.04 Å². The van der Waals surface area contributed by atoms with Gasteiger partial charge in [0, 0.05) is 32.3 Å². The molecule has 2 N–H and O–H groups in total. The molecule has 10 nitrogen and oxygen atoms in total. The second-order valence-corrected chi connectivity index (χ2v) is 11.3. The lowest BCUT2D eigenvalue weighted by molar-refractivity contribution is -0.137. The average Bonchev–Trinajstić information content (AvgIpc) is 3.50. The zero-order chi connectivity index (χ0) is 31.4. The molecule has 0 aromatic heterocycles. The largest absolute Gasteiger partial charge is 0.466 e. The van der Waals surface area contributed by atoms with E-state index in [1.54, 1.807) is 0 Å². The van der Waals surface area contributed by atoms with Crippen LogP contribution >= 0.6 is 0 Å². The quantitative estimate of drug-likeness (QED) is 0.445. The number of likely N-dealkylation sites (tertiary alicyclic amines) is 1. The van der Waals surface area contributed by atoms with Crippen LogP contribution in [0, 0.1) is 23.0 Å². The van der Waals surface area contributed by atoms with Crippen LogP contribution < -0.4 is 10.6 Å². The predicted molar refractivity (Wildman–Crippen MR) is 155 cm³/mol. The molecule has 2 heterocycles. The Bertz CT molecular complexity index is 1500. The summed E-state index contributed by atoms with van der Waals surface area (Å²) in [5.74, 6) is -2.82. The molecule has 0 spiro atoms. The van der Waals surface area contributed by atoms with E-state index in [0.29, 0.717) is 24.9 Å². The minimum Gasteiger partial charge on any atom is -0.466 e. The molecule has 0 unspecified atom stereocenters. The third-order valence-corrected chi connectivity index (χ3v) is 8.79. The zero-order valence-corrected chi connectivity index (χ0v) is 24.6. The monoisotopic (exact) mass is 607 g/mol. The van der Waals surface area contributed by atoms with Gasteiger partial charge in [0.25, 0.3) is 0 Å². The van der Waals surface area contributed by atoms with Crippen LogP contribution in [0.3, 0.4) is 0 Å². The van der Waals surface area contributed by atoms with Gasteiger partial charge in [-0.2, -0.15) is 5.26 Å². The number of benzene rings is 2. The summed E-state index contributed by atoms with van der Waals surface area (Å²) in [6.07, 6.45) is 4.52. The van der Waals surface area contributed by atoms with E-state index in [9.17, 15) is 28.4 Å². The highest BCUT2D eigenvalue weighted by molar-refractivity contribution is 6.01. The molecule has 12 heteroatoms. The summed E-state index contributed by atoms with van der Waals surface area (Å²) in [7, 11) is 2.51. The number of amides is 4. The molecule has 232 valence electrons. The Morgan fingerprint density at radius 3 is 2.50 bits per heavy atom. The van der Waals surface area contributed by atoms with Crippen LogP contribution in [0.25, 0.3) is 0 Å². The van der Waals surface area contributed by atoms with E-state index < -0.39 is 35.7 Å². The van der Waals surface area contributed by atoms with E-state index in [0.717, 1.165) is 67.5 Å². The van der Waals surface area contributed by atoms with Crippen LogP contribution in [0.5, 0.6) is 0 Å². The van der Waals surface area contributed by atoms with Gasteiger partial charge in [-0.15, -0.1) is 0 Å². The number of hydrogen-bond donors (Lipinski definition) is 2. The van der Waals surface area contributed by atoms with Crippen LogP contribution in [0.2, 0.25) is 0 Å². The van der Waals surface area contributed by atoms with Crippen molar-refractivity contribution in [2.24, 2.45) is 0 Å². The van der Waals surface area contributed by atoms with Crippen molar-refractivity contribution in [3.63, 3.8) is 0 Å². The van der Waals surface area contributed by atoms with Gasteiger partial charge in [0.2, 0.25) is 0 Å². The SMILES string of the molecule is COCC1=C(C(=O)OC)[C@H](c2ccc(F)c(F)c2)N(C(=O)N[C@@H]2CCN(C3CCC(c4ccccc4C#N)CC3)C2)C(=O)N1. The maximum Gasteiger partial charge on any atom is 0.338 e. The van der Waals surface area contributed by atoms with Crippen molar-refractivity contribution in [3.05, 3.63) is 82.1 Å². The zero-order valence-electron chi connectivity index (χ0n) is 24.6. The third-order valence-electron chi connectivity index (χ3n) is 8.79. The van der Waals surface area contributed by atoms with Gasteiger partial charge in [-0.3, -0.25) is 4.90 Å². The Labute approximate surface area is 254 Å². The number of rotatable bonds is 7. The smallest absolute Gasteiger partial charge is 0.338 e. The number of nitrogens with zero attached hydrogens (tertiary/aromatic N) is 3. The van der Waals surface area contributed by atoms with Gasteiger partial charge in [0.15, 0.2) is 11.6 Å². The number of hydrogen-bond acceptors (Lipinski definition) is 7. The first-order valence-corrected chi connectivity index (χ1v) is 14.6. The van der Waals surface area contributed by atoms with Gasteiger partial charge >= 0.3 is 18.0 Å². The van der Waals surface area contributed by atoms with Crippen molar-refractivity contribution in [2.45, 2.75) is 56.1 Å². The number of carbonyl (C=O) groups is 3.